The standard InChI is InChI=1S/C10H7Cl2NO2/c11-7-1-2-8(12)10-6(7)3-5(13-10)4-9(14)15/h1-3,13H,4H2,(H,14,15). The topological polar surface area (TPSA) is 53.1 Å². The second-order valence-electron chi connectivity index (χ2n) is 3.18. The Bertz CT molecular complexity index is 494. The zero-order valence-corrected chi connectivity index (χ0v) is 9.06. The Labute approximate surface area is 95.6 Å². The van der Waals surface area contributed by atoms with Gasteiger partial charge < -0.3 is 10.1 Å². The lowest BCUT2D eigenvalue weighted by Gasteiger charge is -1.95. The van der Waals surface area contributed by atoms with Crippen molar-refractivity contribution in [2.75, 3.05) is 0 Å². The van der Waals surface area contributed by atoms with Crippen LogP contribution in [0.4, 0.5) is 0 Å². The molecule has 0 aliphatic rings. The summed E-state index contributed by atoms with van der Waals surface area (Å²) in [5.74, 6) is -0.895. The first kappa shape index (κ1) is 10.3. The number of nitrogens with one attached hydrogen (secondary N) is 1. The minimum Gasteiger partial charge on any atom is -0.481 e. The number of benzene rings is 1. The van der Waals surface area contributed by atoms with Gasteiger partial charge in [0.2, 0.25) is 0 Å². The fourth-order valence-corrected chi connectivity index (χ4v) is 1.89. The van der Waals surface area contributed by atoms with Gasteiger partial charge in [-0.25, -0.2) is 0 Å². The van der Waals surface area contributed by atoms with Gasteiger partial charge in [-0.15, -0.1) is 0 Å². The maximum absolute atomic E-state index is 10.5. The maximum atomic E-state index is 10.5. The van der Waals surface area contributed by atoms with Crippen molar-refractivity contribution in [2.24, 2.45) is 0 Å². The number of carboxylic acid groups (broad SMARTS) is 1. The van der Waals surface area contributed by atoms with E-state index in [9.17, 15) is 4.79 Å². The van der Waals surface area contributed by atoms with Crippen LogP contribution in [0.25, 0.3) is 10.9 Å². The summed E-state index contributed by atoms with van der Waals surface area (Å²) in [5, 5.41) is 10.5. The number of aliphatic carboxylic acids is 1. The van der Waals surface area contributed by atoms with E-state index in [2.05, 4.69) is 4.98 Å². The molecule has 1 aromatic carbocycles. The third-order valence-electron chi connectivity index (χ3n) is 2.09. The molecule has 0 bridgehead atoms. The number of fused-ring (bicyclic) bond motifs is 1. The Morgan fingerprint density at radius 3 is 2.60 bits per heavy atom. The highest BCUT2D eigenvalue weighted by Gasteiger charge is 2.09. The van der Waals surface area contributed by atoms with Gasteiger partial charge in [-0.3, -0.25) is 4.79 Å². The predicted molar refractivity (Wildman–Crippen MR) is 59.7 cm³/mol. The zero-order chi connectivity index (χ0) is 11.0. The molecule has 0 aliphatic heterocycles. The number of carbonyl (C=O) groups is 1. The zero-order valence-electron chi connectivity index (χ0n) is 7.55. The maximum Gasteiger partial charge on any atom is 0.309 e. The molecular weight excluding hydrogens is 237 g/mol. The van der Waals surface area contributed by atoms with Crippen LogP contribution in [0, 0.1) is 0 Å². The number of H-pyrrole nitrogens is 1. The van der Waals surface area contributed by atoms with Crippen molar-refractivity contribution in [3.63, 3.8) is 0 Å². The van der Waals surface area contributed by atoms with Crippen molar-refractivity contribution in [3.05, 3.63) is 33.9 Å². The van der Waals surface area contributed by atoms with Gasteiger partial charge in [0.25, 0.3) is 0 Å². The third-order valence-corrected chi connectivity index (χ3v) is 2.73. The van der Waals surface area contributed by atoms with Crippen LogP contribution in [0.1, 0.15) is 5.69 Å². The predicted octanol–water partition coefficient (Wildman–Crippen LogP) is 3.10. The molecule has 3 nitrogen and oxygen atoms in total. The number of rotatable bonds is 2. The summed E-state index contributed by atoms with van der Waals surface area (Å²) in [5.41, 5.74) is 1.27. The molecule has 1 heterocycles. The average Bonchev–Trinajstić information content (AvgIpc) is 2.55. The lowest BCUT2D eigenvalue weighted by atomic mass is 10.2. The van der Waals surface area contributed by atoms with E-state index in [4.69, 9.17) is 28.3 Å². The summed E-state index contributed by atoms with van der Waals surface area (Å²) in [6, 6.07) is 5.07. The minimum atomic E-state index is -0.895. The molecule has 2 rings (SSSR count). The number of carboxylic acids is 1. The van der Waals surface area contributed by atoms with Crippen molar-refractivity contribution in [3.8, 4) is 0 Å². The highest BCUT2D eigenvalue weighted by molar-refractivity contribution is 6.39. The van der Waals surface area contributed by atoms with Crippen LogP contribution in [-0.4, -0.2) is 16.1 Å². The van der Waals surface area contributed by atoms with Crippen molar-refractivity contribution in [2.45, 2.75) is 6.42 Å². The van der Waals surface area contributed by atoms with E-state index >= 15 is 0 Å². The van der Waals surface area contributed by atoms with Crippen LogP contribution in [0.3, 0.4) is 0 Å². The monoisotopic (exact) mass is 243 g/mol. The number of aromatic nitrogens is 1. The van der Waals surface area contributed by atoms with Gasteiger partial charge in [-0.2, -0.15) is 0 Å². The quantitative estimate of drug-likeness (QED) is 0.852. The van der Waals surface area contributed by atoms with Gasteiger partial charge in [0.1, 0.15) is 0 Å². The Kier molecular flexibility index (Phi) is 2.59. The van der Waals surface area contributed by atoms with Gasteiger partial charge >= 0.3 is 5.97 Å². The molecule has 0 amide bonds. The summed E-state index contributed by atoms with van der Waals surface area (Å²) in [6.07, 6.45) is -0.0681. The lowest BCUT2D eigenvalue weighted by Crippen LogP contribution is -1.99. The average molecular weight is 244 g/mol. The summed E-state index contributed by atoms with van der Waals surface area (Å²) in [6.45, 7) is 0. The molecule has 0 saturated heterocycles. The first-order valence-electron chi connectivity index (χ1n) is 4.25. The molecular formula is C10H7Cl2NO2. The summed E-state index contributed by atoms with van der Waals surface area (Å²) in [4.78, 5) is 13.5. The molecule has 0 spiro atoms. The molecule has 0 atom stereocenters. The van der Waals surface area contributed by atoms with E-state index in [0.29, 0.717) is 21.3 Å². The summed E-state index contributed by atoms with van der Waals surface area (Å²) < 4.78 is 0. The van der Waals surface area contributed by atoms with Gasteiger partial charge in [0.05, 0.1) is 22.0 Å². The van der Waals surface area contributed by atoms with Crippen molar-refractivity contribution in [1.29, 1.82) is 0 Å². The summed E-state index contributed by atoms with van der Waals surface area (Å²) in [7, 11) is 0. The third kappa shape index (κ3) is 1.94. The Morgan fingerprint density at radius 1 is 1.33 bits per heavy atom. The molecule has 15 heavy (non-hydrogen) atoms. The normalized spacial score (nSPS) is 10.8. The van der Waals surface area contributed by atoms with Gasteiger partial charge in [-0.1, -0.05) is 23.2 Å². The van der Waals surface area contributed by atoms with Crippen LogP contribution < -0.4 is 0 Å². The SMILES string of the molecule is O=C(O)Cc1cc2c(Cl)ccc(Cl)c2[nH]1. The molecule has 78 valence electrons. The number of halogens is 2. The Hall–Kier alpha value is -1.19. The van der Waals surface area contributed by atoms with Crippen LogP contribution in [0.2, 0.25) is 10.0 Å². The molecule has 0 saturated carbocycles. The van der Waals surface area contributed by atoms with E-state index in [0.717, 1.165) is 5.39 Å². The van der Waals surface area contributed by atoms with E-state index < -0.39 is 5.97 Å². The molecule has 0 radical (unpaired) electrons. The van der Waals surface area contributed by atoms with Crippen molar-refractivity contribution >= 4 is 40.1 Å². The van der Waals surface area contributed by atoms with Crippen LogP contribution in [0.15, 0.2) is 18.2 Å². The Morgan fingerprint density at radius 2 is 2.00 bits per heavy atom. The fourth-order valence-electron chi connectivity index (χ4n) is 1.46. The lowest BCUT2D eigenvalue weighted by molar-refractivity contribution is -0.136. The van der Waals surface area contributed by atoms with Crippen LogP contribution >= 0.6 is 23.2 Å². The van der Waals surface area contributed by atoms with Gasteiger partial charge in [0, 0.05) is 11.1 Å². The van der Waals surface area contributed by atoms with Crippen molar-refractivity contribution < 1.29 is 9.90 Å². The highest BCUT2D eigenvalue weighted by Crippen LogP contribution is 2.30. The van der Waals surface area contributed by atoms with Crippen LogP contribution in [-0.2, 0) is 11.2 Å². The highest BCUT2D eigenvalue weighted by atomic mass is 35.5. The van der Waals surface area contributed by atoms with Gasteiger partial charge in [-0.05, 0) is 18.2 Å². The minimum absolute atomic E-state index is 0.0681. The van der Waals surface area contributed by atoms with E-state index in [1.165, 1.54) is 0 Å². The largest absolute Gasteiger partial charge is 0.481 e. The van der Waals surface area contributed by atoms with Crippen molar-refractivity contribution in [1.82, 2.24) is 4.98 Å². The van der Waals surface area contributed by atoms with E-state index in [-0.39, 0.29) is 6.42 Å². The molecule has 0 aliphatic carbocycles. The van der Waals surface area contributed by atoms with Gasteiger partial charge in [0.15, 0.2) is 0 Å². The number of hydrogen-bond acceptors (Lipinski definition) is 1. The molecule has 5 heteroatoms. The second-order valence-corrected chi connectivity index (χ2v) is 4.00. The second kappa shape index (κ2) is 3.76. The molecule has 2 aromatic rings. The van der Waals surface area contributed by atoms with E-state index in [1.807, 2.05) is 0 Å². The number of hydrogen-bond donors (Lipinski definition) is 2. The molecule has 0 fully saturated rings. The molecule has 0 unspecified atom stereocenters. The Balaban J connectivity index is 2.59. The molecule has 1 aromatic heterocycles. The first-order valence-corrected chi connectivity index (χ1v) is 5.01. The molecule has 2 N–H and O–H groups in total. The summed E-state index contributed by atoms with van der Waals surface area (Å²) >= 11 is 11.9. The smallest absolute Gasteiger partial charge is 0.309 e. The van der Waals surface area contributed by atoms with Crippen LogP contribution in [0.5, 0.6) is 0 Å². The fraction of sp³-hybridized carbons (Fsp3) is 0.100. The first-order chi connectivity index (χ1) is 7.08. The van der Waals surface area contributed by atoms with E-state index in [1.54, 1.807) is 18.2 Å². The number of aromatic amines is 1.